The van der Waals surface area contributed by atoms with Crippen LogP contribution >= 0.6 is 0 Å². The molecule has 1 aliphatic carbocycles. The number of aliphatic carboxylic acids is 1. The molecule has 7 nitrogen and oxygen atoms in total. The lowest BCUT2D eigenvalue weighted by Gasteiger charge is -2.23. The van der Waals surface area contributed by atoms with Crippen LogP contribution in [0.5, 0.6) is 0 Å². The van der Waals surface area contributed by atoms with Crippen LogP contribution in [0.2, 0.25) is 0 Å². The Balaban J connectivity index is 1.71. The quantitative estimate of drug-likeness (QED) is 0.784. The summed E-state index contributed by atoms with van der Waals surface area (Å²) in [6, 6.07) is 4.99. The highest BCUT2D eigenvalue weighted by Crippen LogP contribution is 2.48. The number of hydrogen-bond donors (Lipinski definition) is 3. The lowest BCUT2D eigenvalue weighted by molar-refractivity contribution is -0.149. The molecule has 1 aromatic rings. The normalized spacial score (nSPS) is 24.7. The molecule has 2 atom stereocenters. The summed E-state index contributed by atoms with van der Waals surface area (Å²) < 4.78 is 0. The number of nitrogens with one attached hydrogen (secondary N) is 2. The number of nitrogens with zero attached hydrogens (tertiary/aromatic N) is 1. The van der Waals surface area contributed by atoms with Crippen LogP contribution in [0, 0.1) is 18.3 Å². The minimum absolute atomic E-state index is 0.0312. The highest BCUT2D eigenvalue weighted by Gasteiger charge is 2.55. The first-order valence-corrected chi connectivity index (χ1v) is 8.49. The highest BCUT2D eigenvalue weighted by molar-refractivity contribution is 5.93. The zero-order valence-corrected chi connectivity index (χ0v) is 14.5. The molecule has 25 heavy (non-hydrogen) atoms. The van der Waals surface area contributed by atoms with Gasteiger partial charge in [0.25, 0.3) is 0 Å². The van der Waals surface area contributed by atoms with Crippen molar-refractivity contribution in [2.75, 3.05) is 23.7 Å². The highest BCUT2D eigenvalue weighted by atomic mass is 16.4. The Morgan fingerprint density at radius 3 is 2.68 bits per heavy atom. The van der Waals surface area contributed by atoms with Gasteiger partial charge in [-0.2, -0.15) is 0 Å². The molecule has 1 heterocycles. The molecule has 7 heteroatoms. The van der Waals surface area contributed by atoms with Crippen LogP contribution in [0.1, 0.15) is 31.7 Å². The molecule has 1 aliphatic heterocycles. The van der Waals surface area contributed by atoms with Crippen molar-refractivity contribution in [3.8, 4) is 0 Å². The molecule has 1 saturated carbocycles. The standard InChI is InChI=1S/C18H23N3O4/c1-11-5-6-14(8-15(11)19-12(2)22)20-17(25)21-9-13-4-3-7-18(13,10-21)16(23)24/h5-6,8,13H,3-4,7,9-10H2,1-2H3,(H,19,22)(H,20,25)(H,23,24)/t13-,18+/m0/s1. The molecule has 1 aromatic carbocycles. The van der Waals surface area contributed by atoms with Crippen molar-refractivity contribution in [1.82, 2.24) is 4.90 Å². The van der Waals surface area contributed by atoms with Gasteiger partial charge in [0, 0.05) is 31.4 Å². The molecule has 3 N–H and O–H groups in total. The number of anilines is 2. The van der Waals surface area contributed by atoms with Crippen molar-refractivity contribution in [1.29, 1.82) is 0 Å². The van der Waals surface area contributed by atoms with Gasteiger partial charge in [-0.25, -0.2) is 4.79 Å². The SMILES string of the molecule is CC(=O)Nc1cc(NC(=O)N2C[C@@H]3CCC[C@@]3(C(=O)O)C2)ccc1C. The monoisotopic (exact) mass is 345 g/mol. The summed E-state index contributed by atoms with van der Waals surface area (Å²) >= 11 is 0. The summed E-state index contributed by atoms with van der Waals surface area (Å²) in [4.78, 5) is 37.1. The van der Waals surface area contributed by atoms with Crippen molar-refractivity contribution < 1.29 is 19.5 Å². The van der Waals surface area contributed by atoms with Crippen molar-refractivity contribution >= 4 is 29.3 Å². The number of likely N-dealkylation sites (tertiary alicyclic amines) is 1. The van der Waals surface area contributed by atoms with Gasteiger partial charge in [0.2, 0.25) is 5.91 Å². The molecule has 0 bridgehead atoms. The first-order chi connectivity index (χ1) is 11.8. The Morgan fingerprint density at radius 2 is 2.04 bits per heavy atom. The number of hydrogen-bond acceptors (Lipinski definition) is 3. The van der Waals surface area contributed by atoms with Gasteiger partial charge in [-0.3, -0.25) is 9.59 Å². The first-order valence-electron chi connectivity index (χ1n) is 8.49. The molecule has 0 unspecified atom stereocenters. The topological polar surface area (TPSA) is 98.7 Å². The lowest BCUT2D eigenvalue weighted by atomic mass is 9.81. The zero-order chi connectivity index (χ0) is 18.2. The van der Waals surface area contributed by atoms with Gasteiger partial charge in [0.05, 0.1) is 5.41 Å². The van der Waals surface area contributed by atoms with E-state index in [1.807, 2.05) is 13.0 Å². The Kier molecular flexibility index (Phi) is 4.41. The van der Waals surface area contributed by atoms with Gasteiger partial charge in [0.1, 0.15) is 0 Å². The molecule has 3 amide bonds. The molecule has 2 fully saturated rings. The summed E-state index contributed by atoms with van der Waals surface area (Å²) in [6.07, 6.45) is 2.39. The molecular formula is C18H23N3O4. The van der Waals surface area contributed by atoms with Gasteiger partial charge < -0.3 is 20.6 Å². The maximum absolute atomic E-state index is 12.6. The fourth-order valence-electron chi connectivity index (χ4n) is 4.02. The number of rotatable bonds is 3. The maximum atomic E-state index is 12.6. The van der Waals surface area contributed by atoms with Crippen LogP contribution in [-0.4, -0.2) is 41.0 Å². The van der Waals surface area contributed by atoms with Crippen molar-refractivity contribution in [2.45, 2.75) is 33.1 Å². The molecule has 134 valence electrons. The van der Waals surface area contributed by atoms with E-state index in [-0.39, 0.29) is 24.4 Å². The van der Waals surface area contributed by atoms with E-state index >= 15 is 0 Å². The lowest BCUT2D eigenvalue weighted by Crippen LogP contribution is -2.38. The number of carbonyl (C=O) groups is 3. The number of carboxylic acids is 1. The molecule has 0 aromatic heterocycles. The van der Waals surface area contributed by atoms with Crippen LogP contribution in [0.3, 0.4) is 0 Å². The number of carboxylic acid groups (broad SMARTS) is 1. The number of urea groups is 1. The largest absolute Gasteiger partial charge is 0.481 e. The number of aryl methyl sites for hydroxylation is 1. The van der Waals surface area contributed by atoms with Gasteiger partial charge in [0.15, 0.2) is 0 Å². The van der Waals surface area contributed by atoms with E-state index in [1.54, 1.807) is 17.0 Å². The van der Waals surface area contributed by atoms with E-state index in [9.17, 15) is 19.5 Å². The van der Waals surface area contributed by atoms with Crippen molar-refractivity contribution in [3.63, 3.8) is 0 Å². The fraction of sp³-hybridized carbons (Fsp3) is 0.500. The summed E-state index contributed by atoms with van der Waals surface area (Å²) in [6.45, 7) is 4.03. The minimum atomic E-state index is -0.798. The molecule has 0 radical (unpaired) electrons. The third kappa shape index (κ3) is 3.18. The van der Waals surface area contributed by atoms with Crippen molar-refractivity contribution in [2.24, 2.45) is 11.3 Å². The third-order valence-corrected chi connectivity index (χ3v) is 5.38. The fourth-order valence-corrected chi connectivity index (χ4v) is 4.02. The Labute approximate surface area is 146 Å². The van der Waals surface area contributed by atoms with E-state index in [4.69, 9.17) is 0 Å². The number of carbonyl (C=O) groups excluding carboxylic acids is 2. The van der Waals surface area contributed by atoms with E-state index in [2.05, 4.69) is 10.6 Å². The molecule has 2 aliphatic rings. The zero-order valence-electron chi connectivity index (χ0n) is 14.5. The third-order valence-electron chi connectivity index (χ3n) is 5.38. The van der Waals surface area contributed by atoms with Gasteiger partial charge in [-0.1, -0.05) is 12.5 Å². The van der Waals surface area contributed by atoms with Gasteiger partial charge >= 0.3 is 12.0 Å². The Hall–Kier alpha value is -2.57. The van der Waals surface area contributed by atoms with Gasteiger partial charge in [-0.15, -0.1) is 0 Å². The smallest absolute Gasteiger partial charge is 0.321 e. The number of amides is 3. The summed E-state index contributed by atoms with van der Waals surface area (Å²) in [5, 5.41) is 15.2. The summed E-state index contributed by atoms with van der Waals surface area (Å²) in [5.41, 5.74) is 1.33. The van der Waals surface area contributed by atoms with Crippen LogP contribution in [0.15, 0.2) is 18.2 Å². The maximum Gasteiger partial charge on any atom is 0.321 e. The second-order valence-electron chi connectivity index (χ2n) is 7.07. The van der Waals surface area contributed by atoms with Crippen LogP contribution in [0.25, 0.3) is 0 Å². The predicted molar refractivity (Wildman–Crippen MR) is 93.5 cm³/mol. The second kappa shape index (κ2) is 6.38. The molecular weight excluding hydrogens is 322 g/mol. The van der Waals surface area contributed by atoms with Crippen LogP contribution in [0.4, 0.5) is 16.2 Å². The van der Waals surface area contributed by atoms with Gasteiger partial charge in [-0.05, 0) is 43.4 Å². The molecule has 1 saturated heterocycles. The summed E-state index contributed by atoms with van der Waals surface area (Å²) in [7, 11) is 0. The van der Waals surface area contributed by atoms with E-state index in [0.29, 0.717) is 24.3 Å². The Bertz CT molecular complexity index is 733. The van der Waals surface area contributed by atoms with Crippen LogP contribution < -0.4 is 10.6 Å². The first kappa shape index (κ1) is 17.3. The summed E-state index contributed by atoms with van der Waals surface area (Å²) in [5.74, 6) is -0.945. The van der Waals surface area contributed by atoms with E-state index in [1.165, 1.54) is 6.92 Å². The minimum Gasteiger partial charge on any atom is -0.481 e. The van der Waals surface area contributed by atoms with Crippen molar-refractivity contribution in [3.05, 3.63) is 23.8 Å². The second-order valence-corrected chi connectivity index (χ2v) is 7.07. The van der Waals surface area contributed by atoms with E-state index < -0.39 is 11.4 Å². The van der Waals surface area contributed by atoms with Crippen LogP contribution in [-0.2, 0) is 9.59 Å². The number of benzene rings is 1. The Morgan fingerprint density at radius 1 is 1.28 bits per heavy atom. The number of fused-ring (bicyclic) bond motifs is 1. The predicted octanol–water partition coefficient (Wildman–Crippen LogP) is 2.67. The molecule has 3 rings (SSSR count). The molecule has 0 spiro atoms. The average molecular weight is 345 g/mol. The average Bonchev–Trinajstić information content (AvgIpc) is 3.08. The van der Waals surface area contributed by atoms with E-state index in [0.717, 1.165) is 18.4 Å².